The zero-order chi connectivity index (χ0) is 20.0. The molecular weight excluding hydrogens is 367 g/mol. The van der Waals surface area contributed by atoms with Crippen molar-refractivity contribution in [1.82, 2.24) is 29.8 Å². The lowest BCUT2D eigenvalue weighted by molar-refractivity contribution is 0.245. The molecule has 4 aromatic rings. The number of rotatable bonds is 4. The summed E-state index contributed by atoms with van der Waals surface area (Å²) in [6.45, 7) is 6.46. The SMILES string of the molecule is C=C(NC1CCN(C)CC1)c1cnn2ccc(-c3c[nH]c4ncc(F)cc34)cc12. The summed E-state index contributed by atoms with van der Waals surface area (Å²) in [6.07, 6.45) is 9.06. The molecule has 1 fully saturated rings. The monoisotopic (exact) mass is 390 g/mol. The third-order valence-corrected chi connectivity index (χ3v) is 5.75. The standard InChI is InChI=1S/C22H23FN6/c1-14(27-17-4-6-28(2)7-5-17)19-13-26-29-8-3-15(9-21(19)29)20-12-25-22-18(20)10-16(23)11-24-22/h3,8-13,17,27H,1,4-7H2,2H3,(H,24,25). The number of aromatic nitrogens is 4. The molecule has 148 valence electrons. The largest absolute Gasteiger partial charge is 0.382 e. The highest BCUT2D eigenvalue weighted by molar-refractivity contribution is 5.94. The minimum atomic E-state index is -0.347. The lowest BCUT2D eigenvalue weighted by Crippen LogP contribution is -2.39. The zero-order valence-corrected chi connectivity index (χ0v) is 16.3. The second-order valence-corrected chi connectivity index (χ2v) is 7.76. The molecule has 1 saturated heterocycles. The highest BCUT2D eigenvalue weighted by atomic mass is 19.1. The van der Waals surface area contributed by atoms with E-state index in [-0.39, 0.29) is 5.82 Å². The molecular formula is C22H23FN6. The quantitative estimate of drug-likeness (QED) is 0.558. The molecule has 0 radical (unpaired) electrons. The van der Waals surface area contributed by atoms with Gasteiger partial charge in [0.05, 0.1) is 17.9 Å². The van der Waals surface area contributed by atoms with E-state index in [4.69, 9.17) is 0 Å². The molecule has 7 heteroatoms. The lowest BCUT2D eigenvalue weighted by atomic mass is 10.0. The maximum Gasteiger partial charge on any atom is 0.142 e. The number of hydrogen-bond donors (Lipinski definition) is 2. The van der Waals surface area contributed by atoms with Crippen LogP contribution in [0.4, 0.5) is 4.39 Å². The topological polar surface area (TPSA) is 61.2 Å². The van der Waals surface area contributed by atoms with Crippen LogP contribution in [-0.2, 0) is 0 Å². The van der Waals surface area contributed by atoms with Gasteiger partial charge in [0.15, 0.2) is 0 Å². The number of pyridine rings is 2. The molecule has 0 bridgehead atoms. The van der Waals surface area contributed by atoms with E-state index in [1.165, 1.54) is 12.3 Å². The average Bonchev–Trinajstić information content (AvgIpc) is 3.33. The van der Waals surface area contributed by atoms with Crippen molar-refractivity contribution in [3.05, 3.63) is 60.9 Å². The van der Waals surface area contributed by atoms with E-state index in [1.807, 2.05) is 29.2 Å². The number of halogens is 1. The first-order valence-corrected chi connectivity index (χ1v) is 9.83. The van der Waals surface area contributed by atoms with E-state index in [0.29, 0.717) is 11.7 Å². The van der Waals surface area contributed by atoms with Crippen molar-refractivity contribution in [3.63, 3.8) is 0 Å². The second kappa shape index (κ2) is 7.00. The summed E-state index contributed by atoms with van der Waals surface area (Å²) in [6, 6.07) is 5.98. The Morgan fingerprint density at radius 3 is 2.93 bits per heavy atom. The maximum absolute atomic E-state index is 13.7. The Kier molecular flexibility index (Phi) is 4.32. The summed E-state index contributed by atoms with van der Waals surface area (Å²) in [5, 5.41) is 8.82. The van der Waals surface area contributed by atoms with Gasteiger partial charge in [-0.3, -0.25) is 0 Å². The van der Waals surface area contributed by atoms with Gasteiger partial charge in [-0.2, -0.15) is 5.10 Å². The van der Waals surface area contributed by atoms with Crippen LogP contribution in [-0.4, -0.2) is 50.7 Å². The smallest absolute Gasteiger partial charge is 0.142 e. The highest BCUT2D eigenvalue weighted by Crippen LogP contribution is 2.30. The minimum Gasteiger partial charge on any atom is -0.382 e. The Morgan fingerprint density at radius 2 is 2.10 bits per heavy atom. The van der Waals surface area contributed by atoms with Crippen LogP contribution in [0.1, 0.15) is 18.4 Å². The molecule has 0 atom stereocenters. The fraction of sp³-hybridized carbons (Fsp3) is 0.273. The minimum absolute atomic E-state index is 0.347. The van der Waals surface area contributed by atoms with E-state index in [2.05, 4.69) is 45.0 Å². The summed E-state index contributed by atoms with van der Waals surface area (Å²) >= 11 is 0. The van der Waals surface area contributed by atoms with Crippen LogP contribution < -0.4 is 5.32 Å². The van der Waals surface area contributed by atoms with Crippen molar-refractivity contribution < 1.29 is 4.39 Å². The van der Waals surface area contributed by atoms with E-state index in [9.17, 15) is 4.39 Å². The number of aromatic amines is 1. The molecule has 6 nitrogen and oxygen atoms in total. The maximum atomic E-state index is 13.7. The summed E-state index contributed by atoms with van der Waals surface area (Å²) in [4.78, 5) is 9.59. The molecule has 0 aliphatic carbocycles. The van der Waals surface area contributed by atoms with Crippen molar-refractivity contribution in [2.24, 2.45) is 0 Å². The summed E-state index contributed by atoms with van der Waals surface area (Å²) < 4.78 is 15.6. The van der Waals surface area contributed by atoms with Gasteiger partial charge >= 0.3 is 0 Å². The number of H-pyrrole nitrogens is 1. The first-order chi connectivity index (χ1) is 14.1. The molecule has 5 heterocycles. The fourth-order valence-corrected chi connectivity index (χ4v) is 4.07. The van der Waals surface area contributed by atoms with Gasteiger partial charge in [0, 0.05) is 40.6 Å². The summed E-state index contributed by atoms with van der Waals surface area (Å²) in [5.74, 6) is -0.347. The van der Waals surface area contributed by atoms with Crippen LogP contribution in [0.25, 0.3) is 33.4 Å². The van der Waals surface area contributed by atoms with E-state index < -0.39 is 0 Å². The number of likely N-dealkylation sites (tertiary alicyclic amines) is 1. The first-order valence-electron chi connectivity index (χ1n) is 9.83. The Morgan fingerprint density at radius 1 is 1.28 bits per heavy atom. The van der Waals surface area contributed by atoms with Crippen LogP contribution >= 0.6 is 0 Å². The lowest BCUT2D eigenvalue weighted by Gasteiger charge is -2.30. The summed E-state index contributed by atoms with van der Waals surface area (Å²) in [5.41, 5.74) is 5.39. The van der Waals surface area contributed by atoms with Crippen LogP contribution in [0.5, 0.6) is 0 Å². The van der Waals surface area contributed by atoms with Gasteiger partial charge in [-0.25, -0.2) is 13.9 Å². The van der Waals surface area contributed by atoms with Gasteiger partial charge in [0.25, 0.3) is 0 Å². The molecule has 5 rings (SSSR count). The van der Waals surface area contributed by atoms with Crippen LogP contribution in [0, 0.1) is 5.82 Å². The molecule has 2 N–H and O–H groups in total. The molecule has 29 heavy (non-hydrogen) atoms. The van der Waals surface area contributed by atoms with Gasteiger partial charge < -0.3 is 15.2 Å². The van der Waals surface area contributed by atoms with E-state index in [1.54, 1.807) is 0 Å². The molecule has 1 aliphatic rings. The third kappa shape index (κ3) is 3.27. The van der Waals surface area contributed by atoms with Gasteiger partial charge in [0.1, 0.15) is 11.5 Å². The number of nitrogens with zero attached hydrogens (tertiary/aromatic N) is 4. The van der Waals surface area contributed by atoms with Crippen molar-refractivity contribution >= 4 is 22.2 Å². The van der Waals surface area contributed by atoms with Gasteiger partial charge in [0.2, 0.25) is 0 Å². The van der Waals surface area contributed by atoms with Crippen molar-refractivity contribution in [2.75, 3.05) is 20.1 Å². The Balaban J connectivity index is 1.48. The number of piperidine rings is 1. The van der Waals surface area contributed by atoms with Crippen LogP contribution in [0.3, 0.4) is 0 Å². The van der Waals surface area contributed by atoms with E-state index >= 15 is 0 Å². The fourth-order valence-electron chi connectivity index (χ4n) is 4.07. The molecule has 4 aromatic heterocycles. The highest BCUT2D eigenvalue weighted by Gasteiger charge is 2.18. The number of nitrogens with one attached hydrogen (secondary N) is 2. The van der Waals surface area contributed by atoms with Gasteiger partial charge in [-0.05, 0) is 56.7 Å². The van der Waals surface area contributed by atoms with Crippen molar-refractivity contribution in [1.29, 1.82) is 0 Å². The third-order valence-electron chi connectivity index (χ3n) is 5.75. The second-order valence-electron chi connectivity index (χ2n) is 7.76. The van der Waals surface area contributed by atoms with Crippen LogP contribution in [0.15, 0.2) is 49.6 Å². The zero-order valence-electron chi connectivity index (χ0n) is 16.3. The van der Waals surface area contributed by atoms with Gasteiger partial charge in [-0.15, -0.1) is 0 Å². The molecule has 0 aromatic carbocycles. The predicted octanol–water partition coefficient (Wildman–Crippen LogP) is 3.67. The van der Waals surface area contributed by atoms with Crippen molar-refractivity contribution in [2.45, 2.75) is 18.9 Å². The summed E-state index contributed by atoms with van der Waals surface area (Å²) in [7, 11) is 2.16. The van der Waals surface area contributed by atoms with E-state index in [0.717, 1.165) is 59.2 Å². The molecule has 0 spiro atoms. The Hall–Kier alpha value is -3.19. The number of hydrogen-bond acceptors (Lipinski definition) is 4. The van der Waals surface area contributed by atoms with Crippen molar-refractivity contribution in [3.8, 4) is 11.1 Å². The van der Waals surface area contributed by atoms with Crippen LogP contribution in [0.2, 0.25) is 0 Å². The Labute approximate surface area is 168 Å². The Bertz CT molecular complexity index is 1200. The normalized spacial score (nSPS) is 15.9. The van der Waals surface area contributed by atoms with Gasteiger partial charge in [-0.1, -0.05) is 6.58 Å². The number of fused-ring (bicyclic) bond motifs is 2. The first kappa shape index (κ1) is 17.9. The molecule has 0 amide bonds. The average molecular weight is 390 g/mol. The molecule has 0 unspecified atom stereocenters. The molecule has 1 aliphatic heterocycles. The predicted molar refractivity (Wildman–Crippen MR) is 113 cm³/mol. The molecule has 0 saturated carbocycles.